The topological polar surface area (TPSA) is 52.6 Å². The van der Waals surface area contributed by atoms with Gasteiger partial charge in [-0.2, -0.15) is 0 Å². The number of carbonyl (C=O) groups excluding carboxylic acids is 2. The van der Waals surface area contributed by atoms with Crippen molar-refractivity contribution in [3.63, 3.8) is 0 Å². The van der Waals surface area contributed by atoms with Crippen LogP contribution in [-0.2, 0) is 19.1 Å². The largest absolute Gasteiger partial charge is 0.462 e. The van der Waals surface area contributed by atoms with Crippen LogP contribution in [0, 0.1) is 0 Å². The van der Waals surface area contributed by atoms with E-state index >= 15 is 0 Å². The van der Waals surface area contributed by atoms with E-state index in [1.165, 1.54) is 0 Å². The third-order valence-electron chi connectivity index (χ3n) is 2.01. The van der Waals surface area contributed by atoms with Gasteiger partial charge in [-0.25, -0.2) is 9.59 Å². The molecule has 17 heavy (non-hydrogen) atoms. The summed E-state index contributed by atoms with van der Waals surface area (Å²) >= 11 is 0. The summed E-state index contributed by atoms with van der Waals surface area (Å²) in [5, 5.41) is 0. The number of carbonyl (C=O) groups is 2. The summed E-state index contributed by atoms with van der Waals surface area (Å²) in [5.41, 5.74) is 0.650. The van der Waals surface area contributed by atoms with Crippen LogP contribution >= 0.6 is 0 Å². The first-order valence-corrected chi connectivity index (χ1v) is 5.66. The van der Waals surface area contributed by atoms with Gasteiger partial charge in [-0.1, -0.05) is 26.5 Å². The summed E-state index contributed by atoms with van der Waals surface area (Å²) in [6.45, 7) is 11.1. The van der Waals surface area contributed by atoms with E-state index in [-0.39, 0.29) is 13.0 Å². The lowest BCUT2D eigenvalue weighted by atomic mass is 10.2. The summed E-state index contributed by atoms with van der Waals surface area (Å²) in [6, 6.07) is 0. The predicted molar refractivity (Wildman–Crippen MR) is 65.4 cm³/mol. The first kappa shape index (κ1) is 15.4. The highest BCUT2D eigenvalue weighted by atomic mass is 16.5. The first-order valence-electron chi connectivity index (χ1n) is 5.66. The minimum absolute atomic E-state index is 0.118. The van der Waals surface area contributed by atoms with Gasteiger partial charge in [0.1, 0.15) is 0 Å². The zero-order chi connectivity index (χ0) is 13.3. The van der Waals surface area contributed by atoms with E-state index in [4.69, 9.17) is 9.47 Å². The molecule has 0 radical (unpaired) electrons. The molecule has 0 bridgehead atoms. The normalized spacial score (nSPS) is 9.53. The van der Waals surface area contributed by atoms with Crippen molar-refractivity contribution < 1.29 is 19.1 Å². The van der Waals surface area contributed by atoms with Gasteiger partial charge in [0.05, 0.1) is 13.2 Å². The van der Waals surface area contributed by atoms with E-state index in [2.05, 4.69) is 13.2 Å². The molecule has 0 aliphatic heterocycles. The van der Waals surface area contributed by atoms with Crippen molar-refractivity contribution in [3.8, 4) is 0 Å². The van der Waals surface area contributed by atoms with Crippen LogP contribution in [0.5, 0.6) is 0 Å². The Morgan fingerprint density at radius 2 is 1.65 bits per heavy atom. The number of esters is 2. The Morgan fingerprint density at radius 1 is 1.06 bits per heavy atom. The first-order chi connectivity index (χ1) is 7.99. The van der Waals surface area contributed by atoms with Crippen molar-refractivity contribution in [2.24, 2.45) is 0 Å². The van der Waals surface area contributed by atoms with Crippen molar-refractivity contribution in [3.05, 3.63) is 24.3 Å². The molecule has 0 heterocycles. The van der Waals surface area contributed by atoms with E-state index in [0.717, 1.165) is 12.8 Å². The fourth-order valence-corrected chi connectivity index (χ4v) is 0.903. The van der Waals surface area contributed by atoms with Crippen LogP contribution in [0.3, 0.4) is 0 Å². The Morgan fingerprint density at radius 3 is 2.18 bits per heavy atom. The van der Waals surface area contributed by atoms with E-state index in [0.29, 0.717) is 17.8 Å². The molecule has 0 spiro atoms. The van der Waals surface area contributed by atoms with E-state index in [9.17, 15) is 9.59 Å². The standard InChI is InChI=1S/C13H20O4/c1-5-6-8-16-13(15)11(4)7-9-17-12(14)10(2)3/h2,4-9H2,1,3H3. The number of hydrogen-bond donors (Lipinski definition) is 0. The molecule has 0 aromatic rings. The molecule has 4 heteroatoms. The third kappa shape index (κ3) is 7.33. The molecule has 0 atom stereocenters. The van der Waals surface area contributed by atoms with Gasteiger partial charge >= 0.3 is 11.9 Å². The molecule has 0 unspecified atom stereocenters. The van der Waals surface area contributed by atoms with Crippen LogP contribution in [-0.4, -0.2) is 25.2 Å². The van der Waals surface area contributed by atoms with Gasteiger partial charge in [0.25, 0.3) is 0 Å². The lowest BCUT2D eigenvalue weighted by molar-refractivity contribution is -0.142. The molecule has 4 nitrogen and oxygen atoms in total. The molecule has 0 N–H and O–H groups in total. The van der Waals surface area contributed by atoms with Crippen LogP contribution in [0.4, 0.5) is 0 Å². The van der Waals surface area contributed by atoms with Gasteiger partial charge in [0, 0.05) is 17.6 Å². The molecule has 0 saturated carbocycles. The monoisotopic (exact) mass is 240 g/mol. The molecule has 0 aliphatic carbocycles. The Bertz CT molecular complexity index is 305. The molecule has 0 amide bonds. The summed E-state index contributed by atoms with van der Waals surface area (Å²) in [5.74, 6) is -0.887. The van der Waals surface area contributed by atoms with Crippen molar-refractivity contribution >= 4 is 11.9 Å². The molecule has 0 fully saturated rings. The maximum Gasteiger partial charge on any atom is 0.333 e. The summed E-state index contributed by atoms with van der Waals surface area (Å²) in [6.07, 6.45) is 2.09. The molecule has 0 rings (SSSR count). The SMILES string of the molecule is C=C(C)C(=O)OCCC(=C)C(=O)OCCCC. The average molecular weight is 240 g/mol. The van der Waals surface area contributed by atoms with Crippen molar-refractivity contribution in [1.82, 2.24) is 0 Å². The van der Waals surface area contributed by atoms with Crippen molar-refractivity contribution in [2.75, 3.05) is 13.2 Å². The third-order valence-corrected chi connectivity index (χ3v) is 2.01. The zero-order valence-electron chi connectivity index (χ0n) is 10.6. The maximum atomic E-state index is 11.3. The fourth-order valence-electron chi connectivity index (χ4n) is 0.903. The van der Waals surface area contributed by atoms with Gasteiger partial charge in [0.15, 0.2) is 0 Å². The van der Waals surface area contributed by atoms with Gasteiger partial charge in [0.2, 0.25) is 0 Å². The van der Waals surface area contributed by atoms with Crippen molar-refractivity contribution in [2.45, 2.75) is 33.1 Å². The van der Waals surface area contributed by atoms with Gasteiger partial charge in [-0.05, 0) is 13.3 Å². The van der Waals surface area contributed by atoms with Crippen LogP contribution < -0.4 is 0 Å². The van der Waals surface area contributed by atoms with Crippen molar-refractivity contribution in [1.29, 1.82) is 0 Å². The van der Waals surface area contributed by atoms with E-state index in [1.807, 2.05) is 6.92 Å². The molecule has 0 aromatic carbocycles. The summed E-state index contributed by atoms with van der Waals surface area (Å²) in [4.78, 5) is 22.4. The highest BCUT2D eigenvalue weighted by Gasteiger charge is 2.09. The smallest absolute Gasteiger partial charge is 0.333 e. The molecular weight excluding hydrogens is 220 g/mol. The fraction of sp³-hybridized carbons (Fsp3) is 0.538. The molecule has 0 aromatic heterocycles. The van der Waals surface area contributed by atoms with Gasteiger partial charge < -0.3 is 9.47 Å². The van der Waals surface area contributed by atoms with Crippen LogP contribution in [0.2, 0.25) is 0 Å². The van der Waals surface area contributed by atoms with Crippen LogP contribution in [0.15, 0.2) is 24.3 Å². The number of hydrogen-bond acceptors (Lipinski definition) is 4. The van der Waals surface area contributed by atoms with Crippen LogP contribution in [0.1, 0.15) is 33.1 Å². The highest BCUT2D eigenvalue weighted by Crippen LogP contribution is 2.04. The van der Waals surface area contributed by atoms with Gasteiger partial charge in [-0.3, -0.25) is 0 Å². The second-order valence-corrected chi connectivity index (χ2v) is 3.76. The predicted octanol–water partition coefficient (Wildman–Crippen LogP) is 2.40. The van der Waals surface area contributed by atoms with Crippen LogP contribution in [0.25, 0.3) is 0 Å². The Kier molecular flexibility index (Phi) is 7.76. The van der Waals surface area contributed by atoms with E-state index in [1.54, 1.807) is 6.92 Å². The molecule has 0 saturated heterocycles. The second-order valence-electron chi connectivity index (χ2n) is 3.76. The number of unbranched alkanes of at least 4 members (excludes halogenated alkanes) is 1. The van der Waals surface area contributed by atoms with Gasteiger partial charge in [-0.15, -0.1) is 0 Å². The highest BCUT2D eigenvalue weighted by molar-refractivity contribution is 5.88. The van der Waals surface area contributed by atoms with E-state index < -0.39 is 11.9 Å². The molecule has 0 aliphatic rings. The lowest BCUT2D eigenvalue weighted by Crippen LogP contribution is -2.12. The second kappa shape index (κ2) is 8.56. The number of rotatable bonds is 8. The Hall–Kier alpha value is -1.58. The number of ether oxygens (including phenoxy) is 2. The molecule has 96 valence electrons. The maximum absolute atomic E-state index is 11.3. The summed E-state index contributed by atoms with van der Waals surface area (Å²) < 4.78 is 9.80. The minimum atomic E-state index is -0.461. The average Bonchev–Trinajstić information content (AvgIpc) is 2.28. The Balaban J connectivity index is 3.75. The summed E-state index contributed by atoms with van der Waals surface area (Å²) in [7, 11) is 0. The minimum Gasteiger partial charge on any atom is -0.462 e. The molecular formula is C13H20O4. The Labute approximate surface area is 102 Å². The zero-order valence-corrected chi connectivity index (χ0v) is 10.6. The lowest BCUT2D eigenvalue weighted by Gasteiger charge is -2.07. The quantitative estimate of drug-likeness (QED) is 0.371.